The summed E-state index contributed by atoms with van der Waals surface area (Å²) in [7, 11) is 3.61. The van der Waals surface area contributed by atoms with Crippen LogP contribution in [0.1, 0.15) is 50.7 Å². The van der Waals surface area contributed by atoms with Crippen molar-refractivity contribution in [1.82, 2.24) is 15.6 Å². The fraction of sp³-hybridized carbons (Fsp3) is 0.452. The number of nitrogens with one attached hydrogen (secondary N) is 2. The normalized spacial score (nSPS) is 11.6. The zero-order valence-corrected chi connectivity index (χ0v) is 24.4. The van der Waals surface area contributed by atoms with E-state index in [0.29, 0.717) is 37.4 Å². The number of ether oxygens (including phenoxy) is 2. The number of carboxylic acid groups (broad SMARTS) is 1. The van der Waals surface area contributed by atoms with Gasteiger partial charge in [-0.25, -0.2) is 9.59 Å². The van der Waals surface area contributed by atoms with E-state index in [4.69, 9.17) is 14.5 Å². The molecule has 41 heavy (non-hydrogen) atoms. The second-order valence-corrected chi connectivity index (χ2v) is 9.97. The molecule has 3 rings (SSSR count). The van der Waals surface area contributed by atoms with Crippen LogP contribution in [0.4, 0.5) is 10.5 Å². The van der Waals surface area contributed by atoms with Crippen LogP contribution in [0.25, 0.3) is 10.9 Å². The Kier molecular flexibility index (Phi) is 11.9. The Morgan fingerprint density at radius 3 is 2.51 bits per heavy atom. The molecule has 10 nitrogen and oxygen atoms in total. The summed E-state index contributed by atoms with van der Waals surface area (Å²) in [6.45, 7) is 5.84. The Morgan fingerprint density at radius 2 is 1.85 bits per heavy atom. The molecular formula is C31H42N4O6. The van der Waals surface area contributed by atoms with Crippen LogP contribution in [0.2, 0.25) is 0 Å². The number of pyridine rings is 1. The molecule has 1 aromatic heterocycles. The number of fused-ring (bicyclic) bond motifs is 1. The van der Waals surface area contributed by atoms with Crippen molar-refractivity contribution in [2.45, 2.75) is 58.4 Å². The number of benzene rings is 2. The molecule has 2 amide bonds. The van der Waals surface area contributed by atoms with Gasteiger partial charge in [0.1, 0.15) is 11.8 Å². The first kappa shape index (κ1) is 31.3. The van der Waals surface area contributed by atoms with Crippen LogP contribution in [0.15, 0.2) is 42.6 Å². The minimum absolute atomic E-state index is 0.0935. The van der Waals surface area contributed by atoms with Gasteiger partial charge in [0.05, 0.1) is 30.3 Å². The van der Waals surface area contributed by atoms with Crippen molar-refractivity contribution in [2.24, 2.45) is 0 Å². The van der Waals surface area contributed by atoms with E-state index in [0.717, 1.165) is 53.6 Å². The molecule has 222 valence electrons. The van der Waals surface area contributed by atoms with Crippen LogP contribution in [-0.4, -0.2) is 67.1 Å². The maximum Gasteiger partial charge on any atom is 0.326 e. The second-order valence-electron chi connectivity index (χ2n) is 9.97. The van der Waals surface area contributed by atoms with Crippen LogP contribution >= 0.6 is 0 Å². The van der Waals surface area contributed by atoms with Gasteiger partial charge in [-0.05, 0) is 48.6 Å². The zero-order chi connectivity index (χ0) is 29.8. The van der Waals surface area contributed by atoms with E-state index in [-0.39, 0.29) is 12.2 Å². The van der Waals surface area contributed by atoms with Gasteiger partial charge in [-0.1, -0.05) is 38.8 Å². The quantitative estimate of drug-likeness (QED) is 0.180. The summed E-state index contributed by atoms with van der Waals surface area (Å²) in [5, 5.41) is 25.2. The van der Waals surface area contributed by atoms with Gasteiger partial charge in [-0.2, -0.15) is 0 Å². The van der Waals surface area contributed by atoms with Crippen LogP contribution in [0.3, 0.4) is 0 Å². The number of hydrogen-bond acceptors (Lipinski definition) is 7. The van der Waals surface area contributed by atoms with E-state index >= 15 is 0 Å². The molecule has 0 radical (unpaired) electrons. The fourth-order valence-corrected chi connectivity index (χ4v) is 4.65. The molecule has 4 N–H and O–H groups in total. The first-order chi connectivity index (χ1) is 19.8. The zero-order valence-electron chi connectivity index (χ0n) is 24.4. The van der Waals surface area contributed by atoms with Crippen molar-refractivity contribution in [1.29, 1.82) is 0 Å². The molecule has 0 spiro atoms. The molecule has 3 aromatic rings. The summed E-state index contributed by atoms with van der Waals surface area (Å²) >= 11 is 0. The number of rotatable bonds is 16. The average molecular weight is 567 g/mol. The van der Waals surface area contributed by atoms with E-state index in [1.54, 1.807) is 19.2 Å². The van der Waals surface area contributed by atoms with E-state index in [1.165, 1.54) is 12.1 Å². The van der Waals surface area contributed by atoms with Crippen LogP contribution in [0.5, 0.6) is 17.2 Å². The molecule has 1 heterocycles. The SMILES string of the molecule is CCCCCOc1c(OC)cc(N(C)CCCNC(=O)N[C@@H](Cc2ccc(O)cc2)C(=O)O)c2nccc(CC)c12. The third kappa shape index (κ3) is 8.64. The number of aliphatic carboxylic acids is 1. The van der Waals surface area contributed by atoms with Crippen molar-refractivity contribution in [2.75, 3.05) is 38.8 Å². The average Bonchev–Trinajstić information content (AvgIpc) is 2.97. The Morgan fingerprint density at radius 1 is 1.10 bits per heavy atom. The summed E-state index contributed by atoms with van der Waals surface area (Å²) in [5.74, 6) is 0.338. The Labute approximate surface area is 241 Å². The lowest BCUT2D eigenvalue weighted by atomic mass is 10.0. The van der Waals surface area contributed by atoms with Gasteiger partial charge in [-0.15, -0.1) is 0 Å². The number of anilines is 1. The number of methoxy groups -OCH3 is 1. The molecular weight excluding hydrogens is 524 g/mol. The molecule has 1 atom stereocenters. The lowest BCUT2D eigenvalue weighted by Crippen LogP contribution is -2.47. The monoisotopic (exact) mass is 566 g/mol. The summed E-state index contributed by atoms with van der Waals surface area (Å²) in [4.78, 5) is 30.9. The van der Waals surface area contributed by atoms with Gasteiger partial charge in [0.2, 0.25) is 0 Å². The van der Waals surface area contributed by atoms with Gasteiger partial charge in [0, 0.05) is 38.8 Å². The minimum Gasteiger partial charge on any atom is -0.508 e. The smallest absolute Gasteiger partial charge is 0.326 e. The number of amides is 2. The fourth-order valence-electron chi connectivity index (χ4n) is 4.65. The second kappa shape index (κ2) is 15.5. The number of unbranched alkanes of at least 4 members (excludes halogenated alkanes) is 2. The molecule has 0 bridgehead atoms. The largest absolute Gasteiger partial charge is 0.508 e. The molecule has 0 aliphatic heterocycles. The van der Waals surface area contributed by atoms with Gasteiger partial charge >= 0.3 is 12.0 Å². The van der Waals surface area contributed by atoms with Crippen LogP contribution in [-0.2, 0) is 17.6 Å². The number of phenols is 1. The summed E-state index contributed by atoms with van der Waals surface area (Å²) < 4.78 is 12.0. The van der Waals surface area contributed by atoms with Crippen molar-refractivity contribution in [3.8, 4) is 17.2 Å². The molecule has 2 aromatic carbocycles. The number of phenolic OH excluding ortho intramolecular Hbond substituents is 1. The lowest BCUT2D eigenvalue weighted by molar-refractivity contribution is -0.139. The number of aromatic nitrogens is 1. The first-order valence-electron chi connectivity index (χ1n) is 14.2. The molecule has 0 saturated heterocycles. The highest BCUT2D eigenvalue weighted by molar-refractivity contribution is 5.99. The number of carboxylic acids is 1. The Bertz CT molecular complexity index is 1300. The molecule has 0 unspecified atom stereocenters. The predicted molar refractivity (Wildman–Crippen MR) is 160 cm³/mol. The highest BCUT2D eigenvalue weighted by Gasteiger charge is 2.21. The van der Waals surface area contributed by atoms with E-state index in [2.05, 4.69) is 29.4 Å². The Balaban J connectivity index is 1.64. The van der Waals surface area contributed by atoms with Crippen LogP contribution in [0, 0.1) is 0 Å². The van der Waals surface area contributed by atoms with E-state index in [9.17, 15) is 19.8 Å². The highest BCUT2D eigenvalue weighted by Crippen LogP contribution is 2.42. The molecule has 10 heteroatoms. The third-order valence-electron chi connectivity index (χ3n) is 6.94. The van der Waals surface area contributed by atoms with Gasteiger partial charge in [0.15, 0.2) is 11.5 Å². The first-order valence-corrected chi connectivity index (χ1v) is 14.2. The van der Waals surface area contributed by atoms with Gasteiger partial charge < -0.3 is 35.2 Å². The maximum absolute atomic E-state index is 12.4. The number of nitrogens with zero attached hydrogens (tertiary/aromatic N) is 2. The number of urea groups is 1. The van der Waals surface area contributed by atoms with Crippen molar-refractivity contribution < 1.29 is 29.3 Å². The predicted octanol–water partition coefficient (Wildman–Crippen LogP) is 4.90. The summed E-state index contributed by atoms with van der Waals surface area (Å²) in [6, 6.07) is 8.54. The number of aryl methyl sites for hydroxylation is 1. The van der Waals surface area contributed by atoms with Crippen molar-refractivity contribution >= 4 is 28.6 Å². The Hall–Kier alpha value is -4.21. The van der Waals surface area contributed by atoms with E-state index < -0.39 is 18.0 Å². The minimum atomic E-state index is -1.13. The molecule has 0 aliphatic rings. The van der Waals surface area contributed by atoms with Gasteiger partial charge in [-0.3, -0.25) is 4.98 Å². The van der Waals surface area contributed by atoms with E-state index in [1.807, 2.05) is 25.4 Å². The number of hydrogen-bond donors (Lipinski definition) is 4. The number of carbonyl (C=O) groups is 2. The van der Waals surface area contributed by atoms with Gasteiger partial charge in [0.25, 0.3) is 0 Å². The standard InChI is InChI=1S/C31H42N4O6/c1-5-7-8-18-41-29-26(40-4)20-25(28-27(29)22(6-2)14-16-32-28)35(3)17-9-15-33-31(39)34-24(30(37)38)19-21-10-12-23(36)13-11-21/h10-14,16,20,24,36H,5-9,15,17-19H2,1-4H3,(H,37,38)(H2,33,34,39)/t24-/m0/s1. The topological polar surface area (TPSA) is 133 Å². The molecule has 0 fully saturated rings. The third-order valence-corrected chi connectivity index (χ3v) is 6.94. The summed E-state index contributed by atoms with van der Waals surface area (Å²) in [5.41, 5.74) is 3.56. The maximum atomic E-state index is 12.4. The molecule has 0 aliphatic carbocycles. The van der Waals surface area contributed by atoms with Crippen molar-refractivity contribution in [3.63, 3.8) is 0 Å². The summed E-state index contributed by atoms with van der Waals surface area (Å²) in [6.07, 6.45) is 6.54. The number of carbonyl (C=O) groups excluding carboxylic acids is 1. The molecule has 0 saturated carbocycles. The lowest BCUT2D eigenvalue weighted by Gasteiger charge is -2.24. The van der Waals surface area contributed by atoms with Crippen molar-refractivity contribution in [3.05, 3.63) is 53.7 Å². The number of aromatic hydroxyl groups is 1. The highest BCUT2D eigenvalue weighted by atomic mass is 16.5. The van der Waals surface area contributed by atoms with Crippen LogP contribution < -0.4 is 25.0 Å².